The molecule has 0 saturated carbocycles. The van der Waals surface area contributed by atoms with E-state index in [0.717, 1.165) is 22.9 Å². The van der Waals surface area contributed by atoms with Gasteiger partial charge in [0.2, 0.25) is 10.0 Å². The second-order valence-electron chi connectivity index (χ2n) is 4.39. The van der Waals surface area contributed by atoms with Gasteiger partial charge in [-0.1, -0.05) is 29.3 Å². The minimum absolute atomic E-state index is 0.136. The fourth-order valence-corrected chi connectivity index (χ4v) is 3.53. The molecule has 0 aliphatic heterocycles. The lowest BCUT2D eigenvalue weighted by molar-refractivity contribution is 0.252. The molecule has 1 rings (SSSR count). The number of aryl methyl sites for hydroxylation is 1. The summed E-state index contributed by atoms with van der Waals surface area (Å²) in [4.78, 5) is 0.276. The lowest BCUT2D eigenvalue weighted by Crippen LogP contribution is -2.34. The van der Waals surface area contributed by atoms with E-state index in [2.05, 4.69) is 15.9 Å². The lowest BCUT2D eigenvalue weighted by Gasteiger charge is -2.21. The molecule has 0 amide bonds. The van der Waals surface area contributed by atoms with Crippen molar-refractivity contribution in [2.45, 2.75) is 31.6 Å². The van der Waals surface area contributed by atoms with Crippen molar-refractivity contribution in [1.82, 2.24) is 4.31 Å². The van der Waals surface area contributed by atoms with E-state index in [9.17, 15) is 8.42 Å². The van der Waals surface area contributed by atoms with Crippen LogP contribution in [0, 0.1) is 6.92 Å². The Labute approximate surface area is 123 Å². The number of hydrogen-bond acceptors (Lipinski definition) is 3. The molecule has 0 fully saturated rings. The van der Waals surface area contributed by atoms with Gasteiger partial charge in [0.05, 0.1) is 11.5 Å². The van der Waals surface area contributed by atoms with Crippen molar-refractivity contribution in [3.8, 4) is 0 Å². The number of halogens is 1. The smallest absolute Gasteiger partial charge is 0.243 e. The van der Waals surface area contributed by atoms with Gasteiger partial charge in [-0.2, -0.15) is 4.31 Å². The normalized spacial score (nSPS) is 12.1. The number of unbranched alkanes of at least 4 members (excludes halogenated alkanes) is 1. The quantitative estimate of drug-likeness (QED) is 0.822. The van der Waals surface area contributed by atoms with Gasteiger partial charge >= 0.3 is 0 Å². The van der Waals surface area contributed by atoms with Gasteiger partial charge in [-0.15, -0.1) is 0 Å². The van der Waals surface area contributed by atoms with Crippen LogP contribution in [0.3, 0.4) is 0 Å². The molecular formula is C13H20BrNO3S. The minimum atomic E-state index is -3.52. The Hall–Kier alpha value is -0.430. The number of nitrogens with zero attached hydrogens (tertiary/aromatic N) is 1. The number of aliphatic hydroxyl groups excluding tert-OH is 1. The van der Waals surface area contributed by atoms with Crippen LogP contribution in [-0.2, 0) is 10.0 Å². The zero-order chi connectivity index (χ0) is 14.5. The molecule has 0 aromatic heterocycles. The summed E-state index contributed by atoms with van der Waals surface area (Å²) < 4.78 is 27.2. The van der Waals surface area contributed by atoms with Gasteiger partial charge in [0, 0.05) is 17.6 Å². The van der Waals surface area contributed by atoms with Gasteiger partial charge in [0.15, 0.2) is 0 Å². The first-order valence-corrected chi connectivity index (χ1v) is 8.54. The number of hydrogen-bond donors (Lipinski definition) is 1. The highest BCUT2D eigenvalue weighted by molar-refractivity contribution is 9.10. The molecule has 1 aromatic rings. The molecule has 19 heavy (non-hydrogen) atoms. The highest BCUT2D eigenvalue weighted by Crippen LogP contribution is 2.22. The van der Waals surface area contributed by atoms with Crippen molar-refractivity contribution < 1.29 is 13.5 Å². The second-order valence-corrected chi connectivity index (χ2v) is 7.18. The monoisotopic (exact) mass is 349 g/mol. The maximum absolute atomic E-state index is 12.5. The standard InChI is InChI=1S/C13H20BrNO3S/c1-3-4-7-15(8-9-16)19(17,18)12-5-6-13(14)11(2)10-12/h5-6,10,16H,3-4,7-9H2,1-2H3. The number of aliphatic hydroxyl groups is 1. The summed E-state index contributed by atoms with van der Waals surface area (Å²) in [5.74, 6) is 0. The van der Waals surface area contributed by atoms with Crippen LogP contribution in [0.4, 0.5) is 0 Å². The van der Waals surface area contributed by atoms with E-state index in [0.29, 0.717) is 6.54 Å². The molecule has 0 saturated heterocycles. The van der Waals surface area contributed by atoms with Crippen molar-refractivity contribution in [2.75, 3.05) is 19.7 Å². The van der Waals surface area contributed by atoms with Crippen LogP contribution in [0.2, 0.25) is 0 Å². The average molecular weight is 350 g/mol. The summed E-state index contributed by atoms with van der Waals surface area (Å²) in [6, 6.07) is 4.97. The van der Waals surface area contributed by atoms with Gasteiger partial charge in [0.25, 0.3) is 0 Å². The van der Waals surface area contributed by atoms with Crippen LogP contribution in [0.25, 0.3) is 0 Å². The Kier molecular flexibility index (Phi) is 6.46. The largest absolute Gasteiger partial charge is 0.395 e. The van der Waals surface area contributed by atoms with E-state index in [1.807, 2.05) is 13.8 Å². The minimum Gasteiger partial charge on any atom is -0.395 e. The Balaban J connectivity index is 3.07. The van der Waals surface area contributed by atoms with E-state index in [-0.39, 0.29) is 18.0 Å². The predicted octanol–water partition coefficient (Wildman–Crippen LogP) is 2.54. The van der Waals surface area contributed by atoms with Crippen LogP contribution in [0.15, 0.2) is 27.6 Å². The van der Waals surface area contributed by atoms with E-state index in [4.69, 9.17) is 5.11 Å². The summed E-state index contributed by atoms with van der Waals surface area (Å²) in [5.41, 5.74) is 0.875. The highest BCUT2D eigenvalue weighted by atomic mass is 79.9. The van der Waals surface area contributed by atoms with Crippen LogP contribution in [0.5, 0.6) is 0 Å². The van der Waals surface area contributed by atoms with Crippen LogP contribution in [-0.4, -0.2) is 37.5 Å². The Morgan fingerprint density at radius 3 is 2.53 bits per heavy atom. The van der Waals surface area contributed by atoms with Crippen LogP contribution in [0.1, 0.15) is 25.3 Å². The third kappa shape index (κ3) is 4.27. The molecule has 1 N–H and O–H groups in total. The maximum Gasteiger partial charge on any atom is 0.243 e. The summed E-state index contributed by atoms with van der Waals surface area (Å²) in [5, 5.41) is 9.03. The molecule has 108 valence electrons. The van der Waals surface area contributed by atoms with Crippen molar-refractivity contribution in [1.29, 1.82) is 0 Å². The van der Waals surface area contributed by atoms with Crippen molar-refractivity contribution in [2.24, 2.45) is 0 Å². The fourth-order valence-electron chi connectivity index (χ4n) is 1.72. The maximum atomic E-state index is 12.5. The van der Waals surface area contributed by atoms with Gasteiger partial charge < -0.3 is 5.11 Å². The Morgan fingerprint density at radius 1 is 1.32 bits per heavy atom. The zero-order valence-electron chi connectivity index (χ0n) is 11.3. The van der Waals surface area contributed by atoms with Crippen molar-refractivity contribution in [3.63, 3.8) is 0 Å². The van der Waals surface area contributed by atoms with Crippen molar-refractivity contribution >= 4 is 26.0 Å². The van der Waals surface area contributed by atoms with E-state index in [1.165, 1.54) is 4.31 Å². The average Bonchev–Trinajstić information content (AvgIpc) is 2.37. The summed E-state index contributed by atoms with van der Waals surface area (Å²) in [7, 11) is -3.52. The molecule has 6 heteroatoms. The molecule has 1 aromatic carbocycles. The predicted molar refractivity (Wildman–Crippen MR) is 79.6 cm³/mol. The van der Waals surface area contributed by atoms with Gasteiger partial charge in [-0.25, -0.2) is 8.42 Å². The molecule has 4 nitrogen and oxygen atoms in total. The molecule has 0 aliphatic rings. The van der Waals surface area contributed by atoms with Crippen molar-refractivity contribution in [3.05, 3.63) is 28.2 Å². The molecule has 0 bridgehead atoms. The van der Waals surface area contributed by atoms with E-state index in [1.54, 1.807) is 18.2 Å². The molecule has 0 atom stereocenters. The highest BCUT2D eigenvalue weighted by Gasteiger charge is 2.23. The van der Waals surface area contributed by atoms with Gasteiger partial charge in [-0.05, 0) is 37.1 Å². The van der Waals surface area contributed by atoms with E-state index < -0.39 is 10.0 Å². The SMILES string of the molecule is CCCCN(CCO)S(=O)(=O)c1ccc(Br)c(C)c1. The first kappa shape index (κ1) is 16.6. The number of rotatable bonds is 7. The Bertz CT molecular complexity index is 517. The summed E-state index contributed by atoms with van der Waals surface area (Å²) in [6.45, 7) is 4.27. The number of benzene rings is 1. The van der Waals surface area contributed by atoms with E-state index >= 15 is 0 Å². The fraction of sp³-hybridized carbons (Fsp3) is 0.538. The van der Waals surface area contributed by atoms with Gasteiger partial charge in [0.1, 0.15) is 0 Å². The first-order valence-electron chi connectivity index (χ1n) is 6.30. The van der Waals surface area contributed by atoms with Gasteiger partial charge in [-0.3, -0.25) is 0 Å². The topological polar surface area (TPSA) is 57.6 Å². The lowest BCUT2D eigenvalue weighted by atomic mass is 10.2. The molecule has 0 radical (unpaired) electrons. The van der Waals surface area contributed by atoms with Crippen LogP contribution >= 0.6 is 15.9 Å². The zero-order valence-corrected chi connectivity index (χ0v) is 13.7. The third-order valence-electron chi connectivity index (χ3n) is 2.88. The Morgan fingerprint density at radius 2 is 2.00 bits per heavy atom. The third-order valence-corrected chi connectivity index (χ3v) is 5.66. The molecule has 0 unspecified atom stereocenters. The first-order chi connectivity index (χ1) is 8.93. The second kappa shape index (κ2) is 7.38. The van der Waals surface area contributed by atoms with Crippen LogP contribution < -0.4 is 0 Å². The molecule has 0 spiro atoms. The molecule has 0 aliphatic carbocycles. The summed E-state index contributed by atoms with van der Waals surface area (Å²) in [6.07, 6.45) is 1.70. The number of sulfonamides is 1. The summed E-state index contributed by atoms with van der Waals surface area (Å²) >= 11 is 3.36. The molecule has 0 heterocycles. The molecular weight excluding hydrogens is 330 g/mol.